The molecular weight excluding hydrogens is 456 g/mol. The number of ether oxygens (including phenoxy) is 3. The highest BCUT2D eigenvalue weighted by molar-refractivity contribution is 5.98. The molecule has 184 valence electrons. The lowest BCUT2D eigenvalue weighted by atomic mass is 9.92. The first kappa shape index (κ1) is 25.2. The minimum Gasteiger partial charge on any atom is -0.493 e. The minimum atomic E-state index is -1.06. The Balaban J connectivity index is 1.80. The van der Waals surface area contributed by atoms with E-state index in [1.165, 1.54) is 14.2 Å². The van der Waals surface area contributed by atoms with Crippen LogP contribution in [0.5, 0.6) is 11.5 Å². The number of carbonyl (C=O) groups is 2. The van der Waals surface area contributed by atoms with Crippen molar-refractivity contribution in [3.8, 4) is 17.2 Å². The Labute approximate surface area is 201 Å². The standard InChI is InChI=1S/C24H26N4O7/c1-24(2,3)20-13-21(27(26-20)15-9-7-6-8-10-15)25-22(29)14-35-23(30)16-11-18(33-4)19(34-5)12-17(16)28(31)32/h6-13H,14H2,1-5H3,(H,25,29). The summed E-state index contributed by atoms with van der Waals surface area (Å²) < 4.78 is 16.8. The van der Waals surface area contributed by atoms with Crippen LogP contribution in [-0.2, 0) is 14.9 Å². The summed E-state index contributed by atoms with van der Waals surface area (Å²) in [6.45, 7) is 5.31. The third-order valence-electron chi connectivity index (χ3n) is 5.00. The Bertz CT molecular complexity index is 1250. The van der Waals surface area contributed by atoms with Crippen molar-refractivity contribution in [2.45, 2.75) is 26.2 Å². The van der Waals surface area contributed by atoms with Gasteiger partial charge in [-0.1, -0.05) is 39.0 Å². The maximum absolute atomic E-state index is 12.6. The third kappa shape index (κ3) is 5.75. The largest absolute Gasteiger partial charge is 0.493 e. The number of benzene rings is 2. The van der Waals surface area contributed by atoms with Crippen LogP contribution in [0.15, 0.2) is 48.5 Å². The molecule has 11 heteroatoms. The van der Waals surface area contributed by atoms with Gasteiger partial charge in [-0.05, 0) is 12.1 Å². The first-order valence-corrected chi connectivity index (χ1v) is 10.6. The Morgan fingerprint density at radius 2 is 1.69 bits per heavy atom. The molecule has 0 bridgehead atoms. The van der Waals surface area contributed by atoms with Crippen LogP contribution in [0.25, 0.3) is 5.69 Å². The highest BCUT2D eigenvalue weighted by Gasteiger charge is 2.27. The summed E-state index contributed by atoms with van der Waals surface area (Å²) in [5, 5.41) is 18.7. The van der Waals surface area contributed by atoms with Crippen molar-refractivity contribution < 1.29 is 28.7 Å². The van der Waals surface area contributed by atoms with Gasteiger partial charge >= 0.3 is 5.97 Å². The molecule has 3 rings (SSSR count). The fourth-order valence-electron chi connectivity index (χ4n) is 3.17. The zero-order valence-electron chi connectivity index (χ0n) is 20.0. The Morgan fingerprint density at radius 1 is 1.06 bits per heavy atom. The molecule has 3 aromatic rings. The minimum absolute atomic E-state index is 0.0809. The maximum atomic E-state index is 12.6. The van der Waals surface area contributed by atoms with E-state index in [0.29, 0.717) is 5.82 Å². The lowest BCUT2D eigenvalue weighted by Crippen LogP contribution is -2.22. The van der Waals surface area contributed by atoms with Crippen LogP contribution in [0.1, 0.15) is 36.8 Å². The van der Waals surface area contributed by atoms with Crippen LogP contribution in [-0.4, -0.2) is 47.4 Å². The van der Waals surface area contributed by atoms with Crippen molar-refractivity contribution >= 4 is 23.4 Å². The highest BCUT2D eigenvalue weighted by atomic mass is 16.6. The van der Waals surface area contributed by atoms with Crippen molar-refractivity contribution in [3.63, 3.8) is 0 Å². The second-order valence-corrected chi connectivity index (χ2v) is 8.52. The molecule has 35 heavy (non-hydrogen) atoms. The summed E-state index contributed by atoms with van der Waals surface area (Å²) in [4.78, 5) is 35.9. The first-order chi connectivity index (χ1) is 16.5. The molecular formula is C24H26N4O7. The summed E-state index contributed by atoms with van der Waals surface area (Å²) in [5.74, 6) is -1.12. The normalized spacial score (nSPS) is 11.0. The molecule has 0 atom stereocenters. The van der Waals surface area contributed by atoms with Gasteiger partial charge < -0.3 is 19.5 Å². The number of rotatable bonds is 8. The molecule has 0 spiro atoms. The summed E-state index contributed by atoms with van der Waals surface area (Å²) >= 11 is 0. The van der Waals surface area contributed by atoms with E-state index >= 15 is 0 Å². The average Bonchev–Trinajstić information content (AvgIpc) is 3.26. The van der Waals surface area contributed by atoms with Gasteiger partial charge in [0.25, 0.3) is 11.6 Å². The van der Waals surface area contributed by atoms with Gasteiger partial charge in [-0.25, -0.2) is 9.48 Å². The highest BCUT2D eigenvalue weighted by Crippen LogP contribution is 2.35. The average molecular weight is 482 g/mol. The lowest BCUT2D eigenvalue weighted by molar-refractivity contribution is -0.385. The van der Waals surface area contributed by atoms with Crippen molar-refractivity contribution in [1.29, 1.82) is 0 Å². The van der Waals surface area contributed by atoms with Crippen molar-refractivity contribution in [1.82, 2.24) is 9.78 Å². The third-order valence-corrected chi connectivity index (χ3v) is 5.00. The van der Waals surface area contributed by atoms with Gasteiger partial charge in [-0.3, -0.25) is 14.9 Å². The van der Waals surface area contributed by atoms with E-state index in [-0.39, 0.29) is 22.5 Å². The summed E-state index contributed by atoms with van der Waals surface area (Å²) in [7, 11) is 2.64. The molecule has 0 unspecified atom stereocenters. The summed E-state index contributed by atoms with van der Waals surface area (Å²) in [5.41, 5.74) is 0.291. The molecule has 1 amide bonds. The van der Waals surface area contributed by atoms with Gasteiger partial charge in [-0.2, -0.15) is 5.10 Å². The van der Waals surface area contributed by atoms with Crippen LogP contribution < -0.4 is 14.8 Å². The lowest BCUT2D eigenvalue weighted by Gasteiger charge is -2.14. The number of nitro benzene ring substituents is 1. The maximum Gasteiger partial charge on any atom is 0.345 e. The second kappa shape index (κ2) is 10.2. The zero-order chi connectivity index (χ0) is 25.8. The van der Waals surface area contributed by atoms with Crippen LogP contribution >= 0.6 is 0 Å². The number of nitrogens with zero attached hydrogens (tertiary/aromatic N) is 3. The number of hydrogen-bond donors (Lipinski definition) is 1. The van der Waals surface area contributed by atoms with Gasteiger partial charge in [0.1, 0.15) is 11.4 Å². The number of para-hydroxylation sites is 1. The fraction of sp³-hybridized carbons (Fsp3) is 0.292. The number of esters is 1. The molecule has 1 N–H and O–H groups in total. The van der Waals surface area contributed by atoms with E-state index < -0.39 is 29.1 Å². The van der Waals surface area contributed by atoms with E-state index in [1.807, 2.05) is 51.1 Å². The molecule has 0 aliphatic carbocycles. The molecule has 0 aliphatic rings. The molecule has 2 aromatic carbocycles. The summed E-state index contributed by atoms with van der Waals surface area (Å²) in [6, 6.07) is 13.2. The van der Waals surface area contributed by atoms with Crippen LogP contribution in [0, 0.1) is 10.1 Å². The number of aromatic nitrogens is 2. The predicted octanol–water partition coefficient (Wildman–Crippen LogP) is 3.89. The molecule has 1 heterocycles. The molecule has 0 fully saturated rings. The van der Waals surface area contributed by atoms with Crippen molar-refractivity contribution in [2.24, 2.45) is 0 Å². The zero-order valence-corrected chi connectivity index (χ0v) is 20.0. The first-order valence-electron chi connectivity index (χ1n) is 10.6. The quantitative estimate of drug-likeness (QED) is 0.290. The second-order valence-electron chi connectivity index (χ2n) is 8.52. The predicted molar refractivity (Wildman–Crippen MR) is 127 cm³/mol. The van der Waals surface area contributed by atoms with Crippen LogP contribution in [0.3, 0.4) is 0 Å². The smallest absolute Gasteiger partial charge is 0.345 e. The van der Waals surface area contributed by atoms with Crippen LogP contribution in [0.2, 0.25) is 0 Å². The Kier molecular flexibility index (Phi) is 7.38. The van der Waals surface area contributed by atoms with Gasteiger partial charge in [-0.15, -0.1) is 0 Å². The van der Waals surface area contributed by atoms with E-state index in [1.54, 1.807) is 10.7 Å². The number of carbonyl (C=O) groups excluding carboxylic acids is 2. The number of amides is 1. The van der Waals surface area contributed by atoms with Gasteiger partial charge in [0, 0.05) is 17.5 Å². The van der Waals surface area contributed by atoms with Crippen LogP contribution in [0.4, 0.5) is 11.5 Å². The van der Waals surface area contributed by atoms with Gasteiger partial charge in [0.2, 0.25) is 0 Å². The molecule has 0 saturated carbocycles. The number of hydrogen-bond acceptors (Lipinski definition) is 8. The van der Waals surface area contributed by atoms with Gasteiger partial charge in [0.15, 0.2) is 18.1 Å². The van der Waals surface area contributed by atoms with Gasteiger partial charge in [0.05, 0.1) is 36.6 Å². The topological polar surface area (TPSA) is 135 Å². The van der Waals surface area contributed by atoms with E-state index in [4.69, 9.17) is 14.2 Å². The van der Waals surface area contributed by atoms with E-state index in [0.717, 1.165) is 23.5 Å². The molecule has 1 aromatic heterocycles. The molecule has 11 nitrogen and oxygen atoms in total. The molecule has 0 aliphatic heterocycles. The van der Waals surface area contributed by atoms with E-state index in [2.05, 4.69) is 10.4 Å². The molecule has 0 radical (unpaired) electrons. The van der Waals surface area contributed by atoms with E-state index in [9.17, 15) is 19.7 Å². The fourth-order valence-corrected chi connectivity index (χ4v) is 3.17. The number of nitro groups is 1. The SMILES string of the molecule is COc1cc(C(=O)OCC(=O)Nc2cc(C(C)(C)C)nn2-c2ccccc2)c([N+](=O)[O-])cc1OC. The Hall–Kier alpha value is -4.41. The number of nitrogens with one attached hydrogen (secondary N) is 1. The molecule has 0 saturated heterocycles. The number of methoxy groups -OCH3 is 2. The Morgan fingerprint density at radius 3 is 2.26 bits per heavy atom. The summed E-state index contributed by atoms with van der Waals surface area (Å²) in [6.07, 6.45) is 0. The van der Waals surface area contributed by atoms with Crippen molar-refractivity contribution in [3.05, 3.63) is 69.9 Å². The van der Waals surface area contributed by atoms with Crippen molar-refractivity contribution in [2.75, 3.05) is 26.1 Å². The monoisotopic (exact) mass is 482 g/mol. The number of anilines is 1.